The lowest BCUT2D eigenvalue weighted by atomic mass is 9.99. The summed E-state index contributed by atoms with van der Waals surface area (Å²) in [7, 11) is 0. The van der Waals surface area contributed by atoms with Crippen LogP contribution in [0.4, 0.5) is 0 Å². The van der Waals surface area contributed by atoms with E-state index in [2.05, 4.69) is 38.2 Å². The van der Waals surface area contributed by atoms with E-state index in [0.29, 0.717) is 12.8 Å². The molecule has 0 amide bonds. The molecule has 6 heteroatoms. The predicted molar refractivity (Wildman–Crippen MR) is 206 cm³/mol. The third kappa shape index (κ3) is 34.5. The molecule has 48 heavy (non-hydrogen) atoms. The Morgan fingerprint density at radius 3 is 1.10 bits per heavy atom. The molecule has 0 rings (SSSR count). The molecule has 0 aliphatic carbocycles. The van der Waals surface area contributed by atoms with E-state index in [1.807, 2.05) is 0 Å². The van der Waals surface area contributed by atoms with Crippen molar-refractivity contribution in [3.8, 4) is 0 Å². The van der Waals surface area contributed by atoms with Crippen molar-refractivity contribution in [2.24, 2.45) is 0 Å². The Bertz CT molecular complexity index is 707. The Balaban J connectivity index is 3.66. The van der Waals surface area contributed by atoms with E-state index in [4.69, 9.17) is 21.1 Å². The molecular weight excluding hydrogens is 620 g/mol. The molecular formula is C42H77ClO5. The lowest BCUT2D eigenvalue weighted by Crippen LogP contribution is -2.34. The van der Waals surface area contributed by atoms with Crippen LogP contribution < -0.4 is 0 Å². The number of alkyl halides is 1. The number of unbranched alkanes of at least 4 members (excludes halogenated alkanes) is 22. The van der Waals surface area contributed by atoms with Gasteiger partial charge in [0.1, 0.15) is 0 Å². The first-order chi connectivity index (χ1) is 23.5. The predicted octanol–water partition coefficient (Wildman–Crippen LogP) is 12.9. The monoisotopic (exact) mass is 697 g/mol. The molecule has 0 aliphatic heterocycles. The van der Waals surface area contributed by atoms with Crippen LogP contribution in [0.5, 0.6) is 0 Å². The summed E-state index contributed by atoms with van der Waals surface area (Å²) in [4.78, 5) is 24.2. The molecule has 0 aromatic heterocycles. The van der Waals surface area contributed by atoms with Crippen LogP contribution in [-0.4, -0.2) is 41.7 Å². The van der Waals surface area contributed by atoms with Gasteiger partial charge in [0, 0.05) is 25.7 Å². The second kappa shape index (κ2) is 36.9. The minimum absolute atomic E-state index is 0.00454. The summed E-state index contributed by atoms with van der Waals surface area (Å²) in [6.45, 7) is 4.76. The molecule has 5 nitrogen and oxygen atoms in total. The number of ether oxygens (including phenoxy) is 2. The molecule has 0 bridgehead atoms. The van der Waals surface area contributed by atoms with Crippen molar-refractivity contribution >= 4 is 23.5 Å². The average molecular weight is 698 g/mol. The Hall–Kier alpha value is -1.33. The van der Waals surface area contributed by atoms with E-state index in [1.54, 1.807) is 0 Å². The normalized spacial score (nSPS) is 12.0. The maximum Gasteiger partial charge on any atom is 0.305 e. The van der Waals surface area contributed by atoms with E-state index in [-0.39, 0.29) is 43.9 Å². The molecule has 0 saturated heterocycles. The number of allylic oxidation sites excluding steroid dienone is 4. The van der Waals surface area contributed by atoms with Crippen LogP contribution in [0.1, 0.15) is 206 Å². The fraction of sp³-hybridized carbons (Fsp3) is 0.857. The van der Waals surface area contributed by atoms with Crippen LogP contribution in [0.3, 0.4) is 0 Å². The Labute approximate surface area is 302 Å². The van der Waals surface area contributed by atoms with Crippen molar-refractivity contribution in [3.63, 3.8) is 0 Å². The van der Waals surface area contributed by atoms with E-state index < -0.39 is 5.60 Å². The summed E-state index contributed by atoms with van der Waals surface area (Å²) < 4.78 is 10.7. The first-order valence-electron chi connectivity index (χ1n) is 20.4. The molecule has 0 spiro atoms. The van der Waals surface area contributed by atoms with Crippen LogP contribution in [0.15, 0.2) is 24.3 Å². The summed E-state index contributed by atoms with van der Waals surface area (Å²) in [6.07, 6.45) is 42.4. The van der Waals surface area contributed by atoms with Gasteiger partial charge in [-0.05, 0) is 64.2 Å². The van der Waals surface area contributed by atoms with Crippen LogP contribution >= 0.6 is 11.6 Å². The van der Waals surface area contributed by atoms with Crippen LogP contribution in [0.25, 0.3) is 0 Å². The van der Waals surface area contributed by atoms with Crippen molar-refractivity contribution < 1.29 is 24.2 Å². The SMILES string of the molecule is CCCCCCCC/C=C\CCCCCCCC(=O)OCCC(O)(CCl)CCOC(=O)CCCCCCC/C=C\CCCCCCCC. The quantitative estimate of drug-likeness (QED) is 0.0303. The molecule has 0 saturated carbocycles. The summed E-state index contributed by atoms with van der Waals surface area (Å²) in [6, 6.07) is 0. The average Bonchev–Trinajstić information content (AvgIpc) is 3.08. The largest absolute Gasteiger partial charge is 0.466 e. The van der Waals surface area contributed by atoms with Crippen molar-refractivity contribution in [3.05, 3.63) is 24.3 Å². The maximum atomic E-state index is 12.1. The van der Waals surface area contributed by atoms with Crippen molar-refractivity contribution in [1.82, 2.24) is 0 Å². The number of aliphatic hydroxyl groups is 1. The van der Waals surface area contributed by atoms with Crippen LogP contribution in [0.2, 0.25) is 0 Å². The molecule has 0 unspecified atom stereocenters. The molecule has 0 fully saturated rings. The summed E-state index contributed by atoms with van der Waals surface area (Å²) in [5.41, 5.74) is -1.21. The van der Waals surface area contributed by atoms with Gasteiger partial charge in [-0.25, -0.2) is 0 Å². The lowest BCUT2D eigenvalue weighted by molar-refractivity contribution is -0.146. The zero-order chi connectivity index (χ0) is 35.2. The second-order valence-corrected chi connectivity index (χ2v) is 14.2. The zero-order valence-electron chi connectivity index (χ0n) is 31.6. The topological polar surface area (TPSA) is 72.8 Å². The van der Waals surface area contributed by atoms with Crippen LogP contribution in [0, 0.1) is 0 Å². The van der Waals surface area contributed by atoms with Gasteiger partial charge >= 0.3 is 11.9 Å². The van der Waals surface area contributed by atoms with Crippen molar-refractivity contribution in [2.75, 3.05) is 19.1 Å². The third-order valence-corrected chi connectivity index (χ3v) is 9.69. The van der Waals surface area contributed by atoms with Gasteiger partial charge in [0.05, 0.1) is 24.7 Å². The van der Waals surface area contributed by atoms with Crippen molar-refractivity contribution in [1.29, 1.82) is 0 Å². The van der Waals surface area contributed by atoms with Gasteiger partial charge in [0.25, 0.3) is 0 Å². The number of rotatable bonds is 37. The van der Waals surface area contributed by atoms with Gasteiger partial charge in [-0.3, -0.25) is 9.59 Å². The molecule has 0 aromatic carbocycles. The number of esters is 2. The number of hydrogen-bond donors (Lipinski definition) is 1. The minimum Gasteiger partial charge on any atom is -0.466 e. The van der Waals surface area contributed by atoms with E-state index >= 15 is 0 Å². The van der Waals surface area contributed by atoms with Gasteiger partial charge in [0.2, 0.25) is 0 Å². The molecule has 0 aliphatic rings. The summed E-state index contributed by atoms with van der Waals surface area (Å²) in [5, 5.41) is 10.8. The van der Waals surface area contributed by atoms with Gasteiger partial charge in [-0.2, -0.15) is 0 Å². The molecule has 0 aromatic rings. The highest BCUT2D eigenvalue weighted by molar-refractivity contribution is 6.18. The zero-order valence-corrected chi connectivity index (χ0v) is 32.4. The lowest BCUT2D eigenvalue weighted by Gasteiger charge is -2.25. The van der Waals surface area contributed by atoms with Crippen molar-refractivity contribution in [2.45, 2.75) is 212 Å². The van der Waals surface area contributed by atoms with E-state index in [1.165, 1.54) is 116 Å². The molecule has 1 N–H and O–H groups in total. The van der Waals surface area contributed by atoms with Gasteiger partial charge in [-0.1, -0.05) is 141 Å². The highest BCUT2D eigenvalue weighted by Crippen LogP contribution is 2.19. The highest BCUT2D eigenvalue weighted by Gasteiger charge is 2.26. The fourth-order valence-corrected chi connectivity index (χ4v) is 6.06. The molecule has 0 heterocycles. The standard InChI is InChI=1S/C42H77ClO5/c1-3-5-7-9-11-13-15-17-19-21-23-25-27-29-31-33-40(44)47-37-35-42(46,39-43)36-38-48-41(45)34-32-30-28-26-24-22-20-18-16-14-12-10-8-6-4-2/h17-20,46H,3-16,21-39H2,1-2H3/b19-17-,20-18-. The third-order valence-electron chi connectivity index (χ3n) is 9.20. The number of carbonyl (C=O) groups excluding carboxylic acids is 2. The maximum absolute atomic E-state index is 12.1. The van der Waals surface area contributed by atoms with Gasteiger partial charge in [-0.15, -0.1) is 11.6 Å². The second-order valence-electron chi connectivity index (χ2n) is 14.0. The fourth-order valence-electron chi connectivity index (χ4n) is 5.79. The summed E-state index contributed by atoms with van der Waals surface area (Å²) >= 11 is 6.01. The molecule has 0 radical (unpaired) electrons. The van der Waals surface area contributed by atoms with E-state index in [0.717, 1.165) is 51.4 Å². The van der Waals surface area contributed by atoms with E-state index in [9.17, 15) is 14.7 Å². The van der Waals surface area contributed by atoms with Gasteiger partial charge in [0.15, 0.2) is 0 Å². The number of halogens is 1. The first kappa shape index (κ1) is 46.7. The number of hydrogen-bond acceptors (Lipinski definition) is 5. The smallest absolute Gasteiger partial charge is 0.305 e. The summed E-state index contributed by atoms with van der Waals surface area (Å²) in [5.74, 6) is -0.447. The van der Waals surface area contributed by atoms with Crippen LogP contribution in [-0.2, 0) is 19.1 Å². The number of carbonyl (C=O) groups is 2. The highest BCUT2D eigenvalue weighted by atomic mass is 35.5. The Morgan fingerprint density at radius 1 is 0.500 bits per heavy atom. The Morgan fingerprint density at radius 2 is 0.792 bits per heavy atom. The minimum atomic E-state index is -1.21. The molecule has 0 atom stereocenters. The van der Waals surface area contributed by atoms with Gasteiger partial charge < -0.3 is 14.6 Å². The molecule has 282 valence electrons. The Kier molecular flexibility index (Phi) is 35.9. The first-order valence-corrected chi connectivity index (χ1v) is 20.9.